The third-order valence-corrected chi connectivity index (χ3v) is 2.89. The van der Waals surface area contributed by atoms with Crippen LogP contribution in [0, 0.1) is 22.7 Å². The summed E-state index contributed by atoms with van der Waals surface area (Å²) < 4.78 is 0. The first-order valence-corrected chi connectivity index (χ1v) is 5.91. The number of hydrogen-bond acceptors (Lipinski definition) is 4. The molecule has 96 valence electrons. The highest BCUT2D eigenvalue weighted by atomic mass is 35.5. The molecule has 0 saturated heterocycles. The van der Waals surface area contributed by atoms with Crippen molar-refractivity contribution in [3.63, 3.8) is 0 Å². The number of phenols is 1. The molecule has 0 aliphatic heterocycles. The van der Waals surface area contributed by atoms with E-state index in [9.17, 15) is 9.90 Å². The largest absolute Gasteiger partial charge is 0.507 e. The van der Waals surface area contributed by atoms with E-state index in [1.54, 1.807) is 0 Å². The molecular formula is C15H7ClN2O2. The molecular weight excluding hydrogens is 276 g/mol. The first kappa shape index (κ1) is 13.6. The van der Waals surface area contributed by atoms with E-state index in [2.05, 4.69) is 0 Å². The molecule has 0 spiro atoms. The maximum Gasteiger partial charge on any atom is 0.196 e. The Morgan fingerprint density at radius 2 is 1.65 bits per heavy atom. The Kier molecular flexibility index (Phi) is 3.70. The first-order valence-electron chi connectivity index (χ1n) is 5.53. The second-order valence-corrected chi connectivity index (χ2v) is 4.45. The summed E-state index contributed by atoms with van der Waals surface area (Å²) in [7, 11) is 0. The monoisotopic (exact) mass is 282 g/mol. The molecule has 0 bridgehead atoms. The van der Waals surface area contributed by atoms with Gasteiger partial charge in [0.25, 0.3) is 0 Å². The summed E-state index contributed by atoms with van der Waals surface area (Å²) in [6.07, 6.45) is 0. The third-order valence-electron chi connectivity index (χ3n) is 2.66. The molecule has 0 aliphatic carbocycles. The summed E-state index contributed by atoms with van der Waals surface area (Å²) in [6.45, 7) is 0. The molecule has 5 heteroatoms. The number of benzene rings is 2. The maximum absolute atomic E-state index is 12.3. The van der Waals surface area contributed by atoms with E-state index in [-0.39, 0.29) is 28.0 Å². The first-order chi connectivity index (χ1) is 9.55. The molecule has 2 aromatic carbocycles. The van der Waals surface area contributed by atoms with Gasteiger partial charge in [0.2, 0.25) is 0 Å². The average Bonchev–Trinajstić information content (AvgIpc) is 2.48. The van der Waals surface area contributed by atoms with E-state index < -0.39 is 5.78 Å². The van der Waals surface area contributed by atoms with Crippen LogP contribution < -0.4 is 0 Å². The van der Waals surface area contributed by atoms with Crippen molar-refractivity contribution in [1.29, 1.82) is 10.5 Å². The minimum Gasteiger partial charge on any atom is -0.507 e. The SMILES string of the molecule is N#Cc1cc(C#N)cc(C(=O)c2cc(Cl)ccc2O)c1. The smallest absolute Gasteiger partial charge is 0.196 e. The van der Waals surface area contributed by atoms with Gasteiger partial charge in [0.15, 0.2) is 5.78 Å². The van der Waals surface area contributed by atoms with Gasteiger partial charge < -0.3 is 5.11 Å². The summed E-state index contributed by atoms with van der Waals surface area (Å²) in [5, 5.41) is 27.8. The Hall–Kier alpha value is -2.82. The van der Waals surface area contributed by atoms with E-state index >= 15 is 0 Å². The quantitative estimate of drug-likeness (QED) is 0.858. The lowest BCUT2D eigenvalue weighted by atomic mass is 9.98. The topological polar surface area (TPSA) is 84.9 Å². The molecule has 0 fully saturated rings. The number of carbonyl (C=O) groups excluding carboxylic acids is 1. The Bertz CT molecular complexity index is 753. The highest BCUT2D eigenvalue weighted by molar-refractivity contribution is 6.31. The van der Waals surface area contributed by atoms with Crippen LogP contribution in [0.25, 0.3) is 0 Å². The molecule has 2 aromatic rings. The van der Waals surface area contributed by atoms with Crippen molar-refractivity contribution in [3.05, 3.63) is 63.7 Å². The van der Waals surface area contributed by atoms with Gasteiger partial charge in [-0.2, -0.15) is 10.5 Å². The number of carbonyl (C=O) groups is 1. The molecule has 0 aromatic heterocycles. The van der Waals surface area contributed by atoms with Crippen LogP contribution in [0.5, 0.6) is 5.75 Å². The van der Waals surface area contributed by atoms with Gasteiger partial charge >= 0.3 is 0 Å². The van der Waals surface area contributed by atoms with E-state index in [0.717, 1.165) is 0 Å². The number of phenolic OH excluding ortho intramolecular Hbond substituents is 1. The molecule has 0 saturated carbocycles. The molecule has 0 heterocycles. The number of rotatable bonds is 2. The molecule has 0 amide bonds. The molecule has 1 N–H and O–H groups in total. The fourth-order valence-corrected chi connectivity index (χ4v) is 1.91. The second kappa shape index (κ2) is 5.44. The van der Waals surface area contributed by atoms with E-state index in [1.165, 1.54) is 36.4 Å². The van der Waals surface area contributed by atoms with Crippen LogP contribution in [0.15, 0.2) is 36.4 Å². The van der Waals surface area contributed by atoms with Gasteiger partial charge in [0.05, 0.1) is 28.8 Å². The lowest BCUT2D eigenvalue weighted by Gasteiger charge is -2.05. The summed E-state index contributed by atoms with van der Waals surface area (Å²) in [4.78, 5) is 12.3. The fraction of sp³-hybridized carbons (Fsp3) is 0. The lowest BCUT2D eigenvalue weighted by Crippen LogP contribution is -2.03. The van der Waals surface area contributed by atoms with Crippen molar-refractivity contribution in [2.75, 3.05) is 0 Å². The standard InChI is InChI=1S/C15H7ClN2O2/c16-12-1-2-14(19)13(6-12)15(20)11-4-9(7-17)3-10(5-11)8-18/h1-6,19H. The number of nitrogens with zero attached hydrogens (tertiary/aromatic N) is 2. The van der Waals surface area contributed by atoms with Crippen molar-refractivity contribution in [2.45, 2.75) is 0 Å². The van der Waals surface area contributed by atoms with Crippen LogP contribution in [0.4, 0.5) is 0 Å². The third kappa shape index (κ3) is 2.61. The van der Waals surface area contributed by atoms with Crippen LogP contribution in [-0.2, 0) is 0 Å². The highest BCUT2D eigenvalue weighted by Gasteiger charge is 2.15. The predicted molar refractivity (Wildman–Crippen MR) is 72.4 cm³/mol. The molecule has 0 atom stereocenters. The van der Waals surface area contributed by atoms with Crippen LogP contribution in [0.1, 0.15) is 27.0 Å². The Morgan fingerprint density at radius 1 is 1.05 bits per heavy atom. The van der Waals surface area contributed by atoms with Crippen LogP contribution in [0.3, 0.4) is 0 Å². The summed E-state index contributed by atoms with van der Waals surface area (Å²) >= 11 is 5.80. The summed E-state index contributed by atoms with van der Waals surface area (Å²) in [6, 6.07) is 12.0. The Balaban J connectivity index is 2.57. The van der Waals surface area contributed by atoms with Crippen molar-refractivity contribution >= 4 is 17.4 Å². The van der Waals surface area contributed by atoms with Gasteiger partial charge in [0.1, 0.15) is 5.75 Å². The molecule has 2 rings (SSSR count). The minimum atomic E-state index is -0.501. The average molecular weight is 283 g/mol. The summed E-state index contributed by atoms with van der Waals surface area (Å²) in [5.74, 6) is -0.709. The zero-order valence-electron chi connectivity index (χ0n) is 10.1. The van der Waals surface area contributed by atoms with Crippen LogP contribution in [-0.4, -0.2) is 10.9 Å². The molecule has 0 unspecified atom stereocenters. The normalized spacial score (nSPS) is 9.55. The minimum absolute atomic E-state index is 0.0245. The van der Waals surface area contributed by atoms with Crippen molar-refractivity contribution in [1.82, 2.24) is 0 Å². The van der Waals surface area contributed by atoms with Crippen LogP contribution in [0.2, 0.25) is 5.02 Å². The van der Waals surface area contributed by atoms with Gasteiger partial charge in [-0.05, 0) is 36.4 Å². The number of nitriles is 2. The van der Waals surface area contributed by atoms with E-state index in [1.807, 2.05) is 12.1 Å². The number of hydrogen-bond donors (Lipinski definition) is 1. The molecule has 4 nitrogen and oxygen atoms in total. The van der Waals surface area contributed by atoms with Crippen molar-refractivity contribution in [3.8, 4) is 17.9 Å². The van der Waals surface area contributed by atoms with Crippen molar-refractivity contribution in [2.24, 2.45) is 0 Å². The number of ketones is 1. The van der Waals surface area contributed by atoms with Gasteiger partial charge in [-0.25, -0.2) is 0 Å². The predicted octanol–water partition coefficient (Wildman–Crippen LogP) is 3.02. The Morgan fingerprint density at radius 3 is 2.20 bits per heavy atom. The second-order valence-electron chi connectivity index (χ2n) is 4.01. The summed E-state index contributed by atoms with van der Waals surface area (Å²) in [5.41, 5.74) is 0.581. The van der Waals surface area contributed by atoms with E-state index in [0.29, 0.717) is 5.02 Å². The maximum atomic E-state index is 12.3. The zero-order chi connectivity index (χ0) is 14.7. The van der Waals surface area contributed by atoms with Crippen LogP contribution >= 0.6 is 11.6 Å². The number of halogens is 1. The fourth-order valence-electron chi connectivity index (χ4n) is 1.73. The van der Waals surface area contributed by atoms with Crippen molar-refractivity contribution < 1.29 is 9.90 Å². The van der Waals surface area contributed by atoms with Gasteiger partial charge in [-0.1, -0.05) is 11.6 Å². The zero-order valence-corrected chi connectivity index (χ0v) is 10.8. The molecule has 0 aliphatic rings. The van der Waals surface area contributed by atoms with Gasteiger partial charge in [0, 0.05) is 10.6 Å². The molecule has 20 heavy (non-hydrogen) atoms. The molecule has 0 radical (unpaired) electrons. The lowest BCUT2D eigenvalue weighted by molar-refractivity contribution is 0.103. The number of aromatic hydroxyl groups is 1. The van der Waals surface area contributed by atoms with Gasteiger partial charge in [-0.3, -0.25) is 4.79 Å². The van der Waals surface area contributed by atoms with Gasteiger partial charge in [-0.15, -0.1) is 0 Å². The van der Waals surface area contributed by atoms with E-state index in [4.69, 9.17) is 22.1 Å². The highest BCUT2D eigenvalue weighted by Crippen LogP contribution is 2.25. The Labute approximate surface area is 120 Å².